The van der Waals surface area contributed by atoms with E-state index in [2.05, 4.69) is 18.9 Å². The number of anilines is 1. The minimum Gasteiger partial charge on any atom is -0.368 e. The summed E-state index contributed by atoms with van der Waals surface area (Å²) in [7, 11) is 2.06. The number of likely N-dealkylation sites (N-methyl/N-ethyl adjacent to an activating group) is 1. The normalized spacial score (nSPS) is 19.2. The van der Waals surface area contributed by atoms with Crippen molar-refractivity contribution < 1.29 is 9.31 Å². The van der Waals surface area contributed by atoms with E-state index >= 15 is 0 Å². The molecule has 0 spiro atoms. The molecule has 1 heterocycles. The standard InChI is InChI=1S/C13H18FN3O2/c1-3-15(2)11-6-7-16(9-11)13-5-4-10(17(18)19)8-12(13)14/h4-5,8,11H,3,6-7,9H2,1-2H3. The van der Waals surface area contributed by atoms with Gasteiger partial charge in [-0.15, -0.1) is 0 Å². The lowest BCUT2D eigenvalue weighted by Gasteiger charge is -2.24. The van der Waals surface area contributed by atoms with Gasteiger partial charge in [-0.05, 0) is 26.1 Å². The molecular formula is C13H18FN3O2. The lowest BCUT2D eigenvalue weighted by molar-refractivity contribution is -0.385. The van der Waals surface area contributed by atoms with Crippen LogP contribution in [0.25, 0.3) is 0 Å². The highest BCUT2D eigenvalue weighted by atomic mass is 19.1. The van der Waals surface area contributed by atoms with Crippen LogP contribution in [-0.4, -0.2) is 42.5 Å². The van der Waals surface area contributed by atoms with E-state index < -0.39 is 10.7 Å². The Morgan fingerprint density at radius 1 is 1.58 bits per heavy atom. The fraction of sp³-hybridized carbons (Fsp3) is 0.538. The van der Waals surface area contributed by atoms with Gasteiger partial charge in [-0.25, -0.2) is 4.39 Å². The summed E-state index contributed by atoms with van der Waals surface area (Å²) in [4.78, 5) is 14.2. The van der Waals surface area contributed by atoms with Crippen molar-refractivity contribution in [2.24, 2.45) is 0 Å². The second-order valence-corrected chi connectivity index (χ2v) is 4.85. The molecule has 0 aromatic heterocycles. The number of non-ortho nitro benzene ring substituents is 1. The maximum Gasteiger partial charge on any atom is 0.272 e. The average Bonchev–Trinajstić information content (AvgIpc) is 2.87. The highest BCUT2D eigenvalue weighted by Crippen LogP contribution is 2.27. The Hall–Kier alpha value is -1.69. The third-order valence-electron chi connectivity index (χ3n) is 3.77. The summed E-state index contributed by atoms with van der Waals surface area (Å²) in [6.07, 6.45) is 0.987. The van der Waals surface area contributed by atoms with Crippen molar-refractivity contribution in [1.82, 2.24) is 4.90 Å². The van der Waals surface area contributed by atoms with Gasteiger partial charge < -0.3 is 9.80 Å². The van der Waals surface area contributed by atoms with Gasteiger partial charge in [0.25, 0.3) is 5.69 Å². The molecule has 1 unspecified atom stereocenters. The fourth-order valence-corrected chi connectivity index (χ4v) is 2.44. The molecule has 0 N–H and O–H groups in total. The summed E-state index contributed by atoms with van der Waals surface area (Å²) < 4.78 is 13.9. The van der Waals surface area contributed by atoms with Crippen LogP contribution in [0.4, 0.5) is 15.8 Å². The Morgan fingerprint density at radius 3 is 2.89 bits per heavy atom. The van der Waals surface area contributed by atoms with Crippen molar-refractivity contribution in [3.8, 4) is 0 Å². The third kappa shape index (κ3) is 2.84. The van der Waals surface area contributed by atoms with Crippen LogP contribution >= 0.6 is 0 Å². The van der Waals surface area contributed by atoms with Crippen LogP contribution in [0.1, 0.15) is 13.3 Å². The number of nitro benzene ring substituents is 1. The topological polar surface area (TPSA) is 49.6 Å². The van der Waals surface area contributed by atoms with Crippen LogP contribution in [0.15, 0.2) is 18.2 Å². The number of halogens is 1. The van der Waals surface area contributed by atoms with E-state index in [0.717, 1.165) is 32.1 Å². The van der Waals surface area contributed by atoms with E-state index in [9.17, 15) is 14.5 Å². The molecule has 6 heteroatoms. The number of nitro groups is 1. The van der Waals surface area contributed by atoms with Crippen LogP contribution in [0.2, 0.25) is 0 Å². The van der Waals surface area contributed by atoms with E-state index in [0.29, 0.717) is 11.7 Å². The van der Waals surface area contributed by atoms with Crippen molar-refractivity contribution in [3.05, 3.63) is 34.1 Å². The van der Waals surface area contributed by atoms with E-state index in [1.165, 1.54) is 12.1 Å². The van der Waals surface area contributed by atoms with E-state index in [-0.39, 0.29) is 5.69 Å². The summed E-state index contributed by atoms with van der Waals surface area (Å²) in [6, 6.07) is 4.27. The second-order valence-electron chi connectivity index (χ2n) is 4.85. The molecule has 19 heavy (non-hydrogen) atoms. The first-order valence-corrected chi connectivity index (χ1v) is 6.42. The van der Waals surface area contributed by atoms with E-state index in [1.54, 1.807) is 0 Å². The molecule has 1 aliphatic rings. The number of benzene rings is 1. The molecule has 0 bridgehead atoms. The maximum absolute atomic E-state index is 13.9. The zero-order valence-electron chi connectivity index (χ0n) is 11.2. The molecule has 1 aromatic rings. The maximum atomic E-state index is 13.9. The number of rotatable bonds is 4. The SMILES string of the molecule is CCN(C)C1CCN(c2ccc([N+](=O)[O-])cc2F)C1. The molecule has 1 fully saturated rings. The van der Waals surface area contributed by atoms with Gasteiger partial charge in [0.1, 0.15) is 0 Å². The third-order valence-corrected chi connectivity index (χ3v) is 3.77. The highest BCUT2D eigenvalue weighted by molar-refractivity contribution is 5.53. The minimum absolute atomic E-state index is 0.206. The molecule has 1 aromatic carbocycles. The smallest absolute Gasteiger partial charge is 0.272 e. The molecule has 0 saturated carbocycles. The molecule has 2 rings (SSSR count). The van der Waals surface area contributed by atoms with Gasteiger partial charge in [-0.3, -0.25) is 10.1 Å². The first kappa shape index (κ1) is 13.7. The molecule has 5 nitrogen and oxygen atoms in total. The zero-order chi connectivity index (χ0) is 14.0. The molecule has 1 atom stereocenters. The number of nitrogens with zero attached hydrogens (tertiary/aromatic N) is 3. The van der Waals surface area contributed by atoms with Gasteiger partial charge in [-0.2, -0.15) is 0 Å². The van der Waals surface area contributed by atoms with Crippen molar-refractivity contribution in [2.75, 3.05) is 31.6 Å². The lowest BCUT2D eigenvalue weighted by Crippen LogP contribution is -2.34. The van der Waals surface area contributed by atoms with Crippen LogP contribution < -0.4 is 4.90 Å². The van der Waals surface area contributed by atoms with Crippen LogP contribution in [-0.2, 0) is 0 Å². The number of hydrogen-bond acceptors (Lipinski definition) is 4. The van der Waals surface area contributed by atoms with Crippen LogP contribution in [0.3, 0.4) is 0 Å². The molecular weight excluding hydrogens is 249 g/mol. The van der Waals surface area contributed by atoms with Crippen molar-refractivity contribution >= 4 is 11.4 Å². The molecule has 1 aliphatic heterocycles. The van der Waals surface area contributed by atoms with E-state index in [1.807, 2.05) is 4.90 Å². The molecule has 1 saturated heterocycles. The predicted molar refractivity (Wildman–Crippen MR) is 72.0 cm³/mol. The van der Waals surface area contributed by atoms with Crippen molar-refractivity contribution in [1.29, 1.82) is 0 Å². The Kier molecular flexibility index (Phi) is 3.99. The first-order chi connectivity index (χ1) is 9.02. The van der Waals surface area contributed by atoms with Gasteiger partial charge in [0, 0.05) is 25.2 Å². The van der Waals surface area contributed by atoms with Crippen molar-refractivity contribution in [2.45, 2.75) is 19.4 Å². The molecule has 104 valence electrons. The van der Waals surface area contributed by atoms with Crippen molar-refractivity contribution in [3.63, 3.8) is 0 Å². The Balaban J connectivity index is 2.13. The van der Waals surface area contributed by atoms with Gasteiger partial charge >= 0.3 is 0 Å². The molecule has 0 aliphatic carbocycles. The van der Waals surface area contributed by atoms with Gasteiger partial charge in [0.15, 0.2) is 5.82 Å². The monoisotopic (exact) mass is 267 g/mol. The molecule has 0 radical (unpaired) electrons. The Bertz CT molecular complexity index is 481. The average molecular weight is 267 g/mol. The van der Waals surface area contributed by atoms with Gasteiger partial charge in [0.2, 0.25) is 0 Å². The minimum atomic E-state index is -0.579. The molecule has 0 amide bonds. The predicted octanol–water partition coefficient (Wildman–Crippen LogP) is 2.26. The summed E-state index contributed by atoms with van der Waals surface area (Å²) in [6.45, 7) is 4.60. The zero-order valence-corrected chi connectivity index (χ0v) is 11.2. The van der Waals surface area contributed by atoms with Crippen LogP contribution in [0.5, 0.6) is 0 Å². The Labute approximate surface area is 111 Å². The quantitative estimate of drug-likeness (QED) is 0.620. The lowest BCUT2D eigenvalue weighted by atomic mass is 10.2. The van der Waals surface area contributed by atoms with Gasteiger partial charge in [0.05, 0.1) is 16.7 Å². The fourth-order valence-electron chi connectivity index (χ4n) is 2.44. The summed E-state index contributed by atoms with van der Waals surface area (Å²) >= 11 is 0. The second kappa shape index (κ2) is 5.52. The highest BCUT2D eigenvalue weighted by Gasteiger charge is 2.27. The van der Waals surface area contributed by atoms with Gasteiger partial charge in [-0.1, -0.05) is 6.92 Å². The Morgan fingerprint density at radius 2 is 2.32 bits per heavy atom. The summed E-state index contributed by atoms with van der Waals surface area (Å²) in [5.74, 6) is -0.519. The summed E-state index contributed by atoms with van der Waals surface area (Å²) in [5.41, 5.74) is 0.250. The first-order valence-electron chi connectivity index (χ1n) is 6.42. The number of hydrogen-bond donors (Lipinski definition) is 0. The largest absolute Gasteiger partial charge is 0.368 e. The summed E-state index contributed by atoms with van der Waals surface area (Å²) in [5, 5.41) is 10.6. The van der Waals surface area contributed by atoms with Crippen LogP contribution in [0, 0.1) is 15.9 Å². The van der Waals surface area contributed by atoms with E-state index in [4.69, 9.17) is 0 Å².